The second-order valence-electron chi connectivity index (χ2n) is 4.95. The van der Waals surface area contributed by atoms with Crippen LogP contribution < -0.4 is 10.1 Å². The second kappa shape index (κ2) is 7.48. The topological polar surface area (TPSA) is 38.3 Å². The van der Waals surface area contributed by atoms with E-state index in [-0.39, 0.29) is 11.8 Å². The summed E-state index contributed by atoms with van der Waals surface area (Å²) in [4.78, 5) is 12.3. The highest BCUT2D eigenvalue weighted by molar-refractivity contribution is 5.96. The average Bonchev–Trinajstić information content (AvgIpc) is 2.54. The van der Waals surface area contributed by atoms with Gasteiger partial charge in [0.2, 0.25) is 0 Å². The van der Waals surface area contributed by atoms with E-state index in [1.54, 1.807) is 6.07 Å². The number of nitrogens with one attached hydrogen (secondary N) is 1. The molecule has 2 aromatic carbocycles. The zero-order valence-corrected chi connectivity index (χ0v) is 12.5. The van der Waals surface area contributed by atoms with Crippen molar-refractivity contribution in [3.8, 4) is 5.75 Å². The third-order valence-electron chi connectivity index (χ3n) is 3.37. The Morgan fingerprint density at radius 1 is 1.10 bits per heavy atom. The van der Waals surface area contributed by atoms with Crippen LogP contribution in [0.4, 0.5) is 0 Å². The molecule has 3 heteroatoms. The standard InChI is InChI=1S/C18H21NO2/c1-3-21-17-12-8-7-11-16(17)18(20)19-13-14(2)15-9-5-4-6-10-15/h4-12,14H,3,13H2,1-2H3,(H,19,20). The molecule has 110 valence electrons. The fourth-order valence-electron chi connectivity index (χ4n) is 2.18. The molecule has 0 saturated heterocycles. The van der Waals surface area contributed by atoms with Gasteiger partial charge in [0.15, 0.2) is 0 Å². The van der Waals surface area contributed by atoms with E-state index in [0.29, 0.717) is 24.5 Å². The molecule has 0 aromatic heterocycles. The first-order valence-corrected chi connectivity index (χ1v) is 7.27. The third-order valence-corrected chi connectivity index (χ3v) is 3.37. The van der Waals surface area contributed by atoms with E-state index in [0.717, 1.165) is 0 Å². The van der Waals surface area contributed by atoms with Crippen molar-refractivity contribution in [2.75, 3.05) is 13.2 Å². The van der Waals surface area contributed by atoms with Gasteiger partial charge in [-0.1, -0.05) is 49.4 Å². The highest BCUT2D eigenvalue weighted by Gasteiger charge is 2.13. The zero-order valence-electron chi connectivity index (χ0n) is 12.5. The summed E-state index contributed by atoms with van der Waals surface area (Å²) in [5.41, 5.74) is 1.80. The van der Waals surface area contributed by atoms with Gasteiger partial charge in [0.25, 0.3) is 5.91 Å². The Labute approximate surface area is 126 Å². The number of carbonyl (C=O) groups excluding carboxylic acids is 1. The number of hydrogen-bond acceptors (Lipinski definition) is 2. The van der Waals surface area contributed by atoms with Crippen LogP contribution in [0.2, 0.25) is 0 Å². The Morgan fingerprint density at radius 3 is 2.48 bits per heavy atom. The molecule has 21 heavy (non-hydrogen) atoms. The average molecular weight is 283 g/mol. The van der Waals surface area contributed by atoms with Gasteiger partial charge in [-0.25, -0.2) is 0 Å². The molecule has 3 nitrogen and oxygen atoms in total. The normalized spacial score (nSPS) is 11.7. The summed E-state index contributed by atoms with van der Waals surface area (Å²) in [5, 5.41) is 2.98. The number of carbonyl (C=O) groups is 1. The maximum absolute atomic E-state index is 12.3. The summed E-state index contributed by atoms with van der Waals surface area (Å²) < 4.78 is 5.49. The van der Waals surface area contributed by atoms with E-state index in [1.165, 1.54) is 5.56 Å². The molecular formula is C18H21NO2. The molecule has 1 N–H and O–H groups in total. The van der Waals surface area contributed by atoms with Crippen LogP contribution >= 0.6 is 0 Å². The molecule has 0 bridgehead atoms. The van der Waals surface area contributed by atoms with Gasteiger partial charge < -0.3 is 10.1 Å². The third kappa shape index (κ3) is 4.09. The molecule has 0 radical (unpaired) electrons. The van der Waals surface area contributed by atoms with Crippen molar-refractivity contribution in [3.63, 3.8) is 0 Å². The van der Waals surface area contributed by atoms with Crippen LogP contribution in [-0.4, -0.2) is 19.1 Å². The van der Waals surface area contributed by atoms with Crippen molar-refractivity contribution in [1.29, 1.82) is 0 Å². The Kier molecular flexibility index (Phi) is 5.38. The summed E-state index contributed by atoms with van der Waals surface area (Å²) in [5.74, 6) is 0.807. The first-order valence-electron chi connectivity index (χ1n) is 7.27. The number of amides is 1. The zero-order chi connectivity index (χ0) is 15.1. The van der Waals surface area contributed by atoms with Gasteiger partial charge in [0, 0.05) is 6.54 Å². The number of para-hydroxylation sites is 1. The number of ether oxygens (including phenoxy) is 1. The molecule has 1 amide bonds. The van der Waals surface area contributed by atoms with Crippen LogP contribution in [-0.2, 0) is 0 Å². The number of benzene rings is 2. The molecule has 0 saturated carbocycles. The van der Waals surface area contributed by atoms with Gasteiger partial charge in [-0.15, -0.1) is 0 Å². The summed E-state index contributed by atoms with van der Waals surface area (Å²) >= 11 is 0. The Balaban J connectivity index is 1.99. The van der Waals surface area contributed by atoms with Crippen LogP contribution in [0.15, 0.2) is 54.6 Å². The highest BCUT2D eigenvalue weighted by atomic mass is 16.5. The fraction of sp³-hybridized carbons (Fsp3) is 0.278. The van der Waals surface area contributed by atoms with Crippen LogP contribution in [0.3, 0.4) is 0 Å². The maximum atomic E-state index is 12.3. The SMILES string of the molecule is CCOc1ccccc1C(=O)NCC(C)c1ccccc1. The number of rotatable bonds is 6. The van der Waals surface area contributed by atoms with Crippen LogP contribution in [0.1, 0.15) is 35.7 Å². The molecule has 0 aliphatic heterocycles. The smallest absolute Gasteiger partial charge is 0.255 e. The van der Waals surface area contributed by atoms with E-state index in [9.17, 15) is 4.79 Å². The van der Waals surface area contributed by atoms with E-state index >= 15 is 0 Å². The predicted octanol–water partition coefficient (Wildman–Crippen LogP) is 3.62. The lowest BCUT2D eigenvalue weighted by Gasteiger charge is -2.14. The lowest BCUT2D eigenvalue weighted by molar-refractivity contribution is 0.0948. The van der Waals surface area contributed by atoms with Crippen LogP contribution in [0.25, 0.3) is 0 Å². The first kappa shape index (κ1) is 15.1. The van der Waals surface area contributed by atoms with E-state index in [1.807, 2.05) is 43.3 Å². The van der Waals surface area contributed by atoms with Gasteiger partial charge in [0.05, 0.1) is 12.2 Å². The molecule has 0 fully saturated rings. The van der Waals surface area contributed by atoms with Crippen LogP contribution in [0.5, 0.6) is 5.75 Å². The lowest BCUT2D eigenvalue weighted by Crippen LogP contribution is -2.27. The fourth-order valence-corrected chi connectivity index (χ4v) is 2.18. The molecule has 0 aliphatic carbocycles. The van der Waals surface area contributed by atoms with Gasteiger partial charge in [-0.05, 0) is 30.5 Å². The molecular weight excluding hydrogens is 262 g/mol. The Hall–Kier alpha value is -2.29. The molecule has 2 aromatic rings. The molecule has 0 spiro atoms. The highest BCUT2D eigenvalue weighted by Crippen LogP contribution is 2.18. The largest absolute Gasteiger partial charge is 0.493 e. The van der Waals surface area contributed by atoms with Crippen molar-refractivity contribution in [1.82, 2.24) is 5.32 Å². The minimum Gasteiger partial charge on any atom is -0.493 e. The van der Waals surface area contributed by atoms with Crippen molar-refractivity contribution < 1.29 is 9.53 Å². The Bertz CT molecular complexity index is 581. The minimum absolute atomic E-state index is 0.0955. The monoisotopic (exact) mass is 283 g/mol. The molecule has 0 aliphatic rings. The first-order chi connectivity index (χ1) is 10.2. The van der Waals surface area contributed by atoms with E-state index in [4.69, 9.17) is 4.74 Å². The molecule has 1 atom stereocenters. The summed E-state index contributed by atoms with van der Waals surface area (Å²) in [6.07, 6.45) is 0. The summed E-state index contributed by atoms with van der Waals surface area (Å²) in [6.45, 7) is 5.16. The van der Waals surface area contributed by atoms with Crippen molar-refractivity contribution in [3.05, 3.63) is 65.7 Å². The summed E-state index contributed by atoms with van der Waals surface area (Å²) in [6, 6.07) is 17.5. The summed E-state index contributed by atoms with van der Waals surface area (Å²) in [7, 11) is 0. The van der Waals surface area contributed by atoms with Crippen molar-refractivity contribution in [2.24, 2.45) is 0 Å². The number of hydrogen-bond donors (Lipinski definition) is 1. The molecule has 0 heterocycles. The molecule has 2 rings (SSSR count). The van der Waals surface area contributed by atoms with Gasteiger partial charge >= 0.3 is 0 Å². The maximum Gasteiger partial charge on any atom is 0.255 e. The second-order valence-corrected chi connectivity index (χ2v) is 4.95. The van der Waals surface area contributed by atoms with Gasteiger partial charge in [-0.2, -0.15) is 0 Å². The van der Waals surface area contributed by atoms with Crippen molar-refractivity contribution in [2.45, 2.75) is 19.8 Å². The van der Waals surface area contributed by atoms with E-state index < -0.39 is 0 Å². The molecule has 1 unspecified atom stereocenters. The lowest BCUT2D eigenvalue weighted by atomic mass is 10.0. The van der Waals surface area contributed by atoms with Crippen LogP contribution in [0, 0.1) is 0 Å². The van der Waals surface area contributed by atoms with E-state index in [2.05, 4.69) is 24.4 Å². The van der Waals surface area contributed by atoms with Crippen molar-refractivity contribution >= 4 is 5.91 Å². The predicted molar refractivity (Wildman–Crippen MR) is 84.8 cm³/mol. The van der Waals surface area contributed by atoms with Gasteiger partial charge in [0.1, 0.15) is 5.75 Å². The van der Waals surface area contributed by atoms with Gasteiger partial charge in [-0.3, -0.25) is 4.79 Å². The minimum atomic E-state index is -0.0955. The quantitative estimate of drug-likeness (QED) is 0.879. The Morgan fingerprint density at radius 2 is 1.76 bits per heavy atom.